The van der Waals surface area contributed by atoms with Crippen LogP contribution in [-0.2, 0) is 14.8 Å². The van der Waals surface area contributed by atoms with Crippen molar-refractivity contribution in [1.29, 1.82) is 0 Å². The number of carbonyl (C=O) groups excluding carboxylic acids is 1. The molecule has 1 amide bonds. The summed E-state index contributed by atoms with van der Waals surface area (Å²) in [5.74, 6) is 1.26. The molecule has 0 aliphatic carbocycles. The van der Waals surface area contributed by atoms with E-state index in [0.29, 0.717) is 28.0 Å². The highest BCUT2D eigenvalue weighted by Gasteiger charge is 2.28. The standard InChI is InChI=1S/C29H27ClN2O7S/c1-36-25-11-7-8-12-27(25)39-24-15-13-20(30)17-23(24)31-29(33)19-32(40(34,35)22-9-5-4-6-10-22)21-14-16-26(37-2)28(18-21)38-3/h4-18H,19H2,1-3H3,(H,31,33). The predicted molar refractivity (Wildman–Crippen MR) is 154 cm³/mol. The van der Waals surface area contributed by atoms with E-state index >= 15 is 0 Å². The minimum absolute atomic E-state index is 0.0144. The van der Waals surface area contributed by atoms with Crippen LogP contribution in [0.5, 0.6) is 28.7 Å². The molecule has 0 fully saturated rings. The quantitative estimate of drug-likeness (QED) is 0.232. The van der Waals surface area contributed by atoms with E-state index in [-0.39, 0.29) is 22.0 Å². The highest BCUT2D eigenvalue weighted by Crippen LogP contribution is 2.37. The number of nitrogens with zero attached hydrogens (tertiary/aromatic N) is 1. The second-order valence-corrected chi connectivity index (χ2v) is 10.6. The predicted octanol–water partition coefficient (Wildman–Crippen LogP) is 5.99. The largest absolute Gasteiger partial charge is 0.493 e. The van der Waals surface area contributed by atoms with Crippen LogP contribution in [0.15, 0.2) is 95.9 Å². The molecule has 40 heavy (non-hydrogen) atoms. The van der Waals surface area contributed by atoms with E-state index in [1.54, 1.807) is 60.7 Å². The number of nitrogens with one attached hydrogen (secondary N) is 1. The molecule has 0 bridgehead atoms. The van der Waals surface area contributed by atoms with Gasteiger partial charge in [0, 0.05) is 11.1 Å². The molecule has 9 nitrogen and oxygen atoms in total. The van der Waals surface area contributed by atoms with Gasteiger partial charge in [0.05, 0.1) is 37.6 Å². The number of sulfonamides is 1. The maximum atomic E-state index is 13.7. The summed E-state index contributed by atoms with van der Waals surface area (Å²) in [6.45, 7) is -0.562. The summed E-state index contributed by atoms with van der Waals surface area (Å²) >= 11 is 6.21. The Bertz CT molecular complexity index is 1600. The van der Waals surface area contributed by atoms with Crippen molar-refractivity contribution in [3.8, 4) is 28.7 Å². The molecule has 0 heterocycles. The Morgan fingerprint density at radius 3 is 2.02 bits per heavy atom. The van der Waals surface area contributed by atoms with Gasteiger partial charge in [-0.15, -0.1) is 0 Å². The van der Waals surface area contributed by atoms with Crippen molar-refractivity contribution in [3.63, 3.8) is 0 Å². The van der Waals surface area contributed by atoms with Crippen molar-refractivity contribution < 1.29 is 32.2 Å². The number of rotatable bonds is 11. The summed E-state index contributed by atoms with van der Waals surface area (Å²) in [4.78, 5) is 13.4. The first-order chi connectivity index (χ1) is 19.3. The molecule has 0 saturated heterocycles. The van der Waals surface area contributed by atoms with E-state index in [1.807, 2.05) is 0 Å². The van der Waals surface area contributed by atoms with Gasteiger partial charge >= 0.3 is 0 Å². The summed E-state index contributed by atoms with van der Waals surface area (Å²) < 4.78 is 50.4. The van der Waals surface area contributed by atoms with Gasteiger partial charge in [0.15, 0.2) is 28.7 Å². The highest BCUT2D eigenvalue weighted by molar-refractivity contribution is 7.92. The SMILES string of the molecule is COc1ccc(N(CC(=O)Nc2cc(Cl)ccc2Oc2ccccc2OC)S(=O)(=O)c2ccccc2)cc1OC. The number of carbonyl (C=O) groups is 1. The van der Waals surface area contributed by atoms with Crippen LogP contribution in [0.25, 0.3) is 0 Å². The van der Waals surface area contributed by atoms with Crippen molar-refractivity contribution in [1.82, 2.24) is 0 Å². The highest BCUT2D eigenvalue weighted by atomic mass is 35.5. The van der Waals surface area contributed by atoms with Gasteiger partial charge in [-0.05, 0) is 54.6 Å². The van der Waals surface area contributed by atoms with Gasteiger partial charge in [0.2, 0.25) is 5.91 Å². The number of hydrogen-bond donors (Lipinski definition) is 1. The normalized spacial score (nSPS) is 10.9. The lowest BCUT2D eigenvalue weighted by molar-refractivity contribution is -0.114. The summed E-state index contributed by atoms with van der Waals surface area (Å²) in [5, 5.41) is 3.08. The van der Waals surface area contributed by atoms with Crippen molar-refractivity contribution in [2.45, 2.75) is 4.90 Å². The Morgan fingerprint density at radius 2 is 1.35 bits per heavy atom. The third-order valence-corrected chi connectivity index (χ3v) is 7.80. The van der Waals surface area contributed by atoms with E-state index in [4.69, 9.17) is 30.5 Å². The molecule has 0 unspecified atom stereocenters. The molecule has 0 aromatic heterocycles. The summed E-state index contributed by atoms with van der Waals surface area (Å²) in [5.41, 5.74) is 0.445. The fourth-order valence-corrected chi connectivity index (χ4v) is 5.45. The summed E-state index contributed by atoms with van der Waals surface area (Å²) in [6, 6.07) is 24.1. The van der Waals surface area contributed by atoms with E-state index in [0.717, 1.165) is 4.31 Å². The van der Waals surface area contributed by atoms with Crippen LogP contribution in [-0.4, -0.2) is 42.2 Å². The molecular formula is C29H27ClN2O7S. The molecule has 4 rings (SSSR count). The molecule has 0 saturated carbocycles. The summed E-state index contributed by atoms with van der Waals surface area (Å²) in [7, 11) is 0.266. The monoisotopic (exact) mass is 582 g/mol. The average molecular weight is 583 g/mol. The van der Waals surface area contributed by atoms with Crippen LogP contribution in [0, 0.1) is 0 Å². The number of halogens is 1. The van der Waals surface area contributed by atoms with Crippen molar-refractivity contribution in [3.05, 3.63) is 96.0 Å². The maximum Gasteiger partial charge on any atom is 0.264 e. The third kappa shape index (κ3) is 6.41. The Hall–Kier alpha value is -4.41. The van der Waals surface area contributed by atoms with E-state index in [9.17, 15) is 13.2 Å². The third-order valence-electron chi connectivity index (χ3n) is 5.78. The molecule has 0 atom stereocenters. The number of ether oxygens (including phenoxy) is 4. The number of hydrogen-bond acceptors (Lipinski definition) is 7. The van der Waals surface area contributed by atoms with Crippen LogP contribution in [0.1, 0.15) is 0 Å². The summed E-state index contributed by atoms with van der Waals surface area (Å²) in [6.07, 6.45) is 0. The van der Waals surface area contributed by atoms with Gasteiger partial charge in [-0.1, -0.05) is 41.9 Å². The van der Waals surface area contributed by atoms with Gasteiger partial charge < -0.3 is 24.3 Å². The van der Waals surface area contributed by atoms with Gasteiger partial charge in [0.25, 0.3) is 10.0 Å². The van der Waals surface area contributed by atoms with E-state index < -0.39 is 22.5 Å². The van der Waals surface area contributed by atoms with Gasteiger partial charge in [-0.2, -0.15) is 0 Å². The van der Waals surface area contributed by atoms with Crippen LogP contribution >= 0.6 is 11.6 Å². The van der Waals surface area contributed by atoms with Crippen LogP contribution < -0.4 is 28.6 Å². The Morgan fingerprint density at radius 1 is 0.750 bits per heavy atom. The molecule has 1 N–H and O–H groups in total. The van der Waals surface area contributed by atoms with Crippen LogP contribution in [0.2, 0.25) is 5.02 Å². The fraction of sp³-hybridized carbons (Fsp3) is 0.138. The first-order valence-corrected chi connectivity index (χ1v) is 13.8. The van der Waals surface area contributed by atoms with Gasteiger partial charge in [-0.3, -0.25) is 9.10 Å². The maximum absolute atomic E-state index is 13.7. The first kappa shape index (κ1) is 28.6. The molecule has 4 aromatic carbocycles. The zero-order valence-corrected chi connectivity index (χ0v) is 23.5. The lowest BCUT2D eigenvalue weighted by Gasteiger charge is -2.25. The number of anilines is 2. The molecule has 0 aliphatic heterocycles. The Kier molecular flexibility index (Phi) is 9.03. The van der Waals surface area contributed by atoms with Crippen molar-refractivity contribution in [2.75, 3.05) is 37.5 Å². The average Bonchev–Trinajstić information content (AvgIpc) is 2.97. The zero-order chi connectivity index (χ0) is 28.7. The number of para-hydroxylation sites is 2. The fourth-order valence-electron chi connectivity index (χ4n) is 3.85. The molecular weight excluding hydrogens is 556 g/mol. The molecule has 4 aromatic rings. The molecule has 0 spiro atoms. The minimum atomic E-state index is -4.16. The lowest BCUT2D eigenvalue weighted by Crippen LogP contribution is -2.38. The van der Waals surface area contributed by atoms with Gasteiger partial charge in [0.1, 0.15) is 6.54 Å². The second-order valence-electron chi connectivity index (χ2n) is 8.31. The minimum Gasteiger partial charge on any atom is -0.493 e. The number of benzene rings is 4. The molecule has 11 heteroatoms. The van der Waals surface area contributed by atoms with E-state index in [1.165, 1.54) is 51.7 Å². The van der Waals surface area contributed by atoms with Crippen molar-refractivity contribution >= 4 is 38.9 Å². The number of amides is 1. The smallest absolute Gasteiger partial charge is 0.264 e. The lowest BCUT2D eigenvalue weighted by atomic mass is 10.2. The first-order valence-electron chi connectivity index (χ1n) is 12.0. The van der Waals surface area contributed by atoms with Crippen molar-refractivity contribution in [2.24, 2.45) is 0 Å². The zero-order valence-electron chi connectivity index (χ0n) is 22.0. The molecule has 208 valence electrons. The molecule has 0 radical (unpaired) electrons. The van der Waals surface area contributed by atoms with E-state index in [2.05, 4.69) is 5.32 Å². The molecule has 0 aliphatic rings. The Labute approximate surface area is 237 Å². The van der Waals surface area contributed by atoms with Gasteiger partial charge in [-0.25, -0.2) is 8.42 Å². The Balaban J connectivity index is 1.68. The van der Waals surface area contributed by atoms with Crippen LogP contribution in [0.3, 0.4) is 0 Å². The second kappa shape index (κ2) is 12.6. The van der Waals surface area contributed by atoms with Crippen LogP contribution in [0.4, 0.5) is 11.4 Å². The number of methoxy groups -OCH3 is 3. The topological polar surface area (TPSA) is 103 Å².